The minimum Gasteiger partial charge on any atom is -0.481 e. The van der Waals surface area contributed by atoms with E-state index < -0.39 is 11.4 Å². The second-order valence-electron chi connectivity index (χ2n) is 6.50. The van der Waals surface area contributed by atoms with E-state index in [0.717, 1.165) is 50.6 Å². The first-order valence-corrected chi connectivity index (χ1v) is 9.06. The van der Waals surface area contributed by atoms with Crippen molar-refractivity contribution in [2.75, 3.05) is 31.1 Å². The van der Waals surface area contributed by atoms with Crippen molar-refractivity contribution < 1.29 is 9.90 Å². The lowest BCUT2D eigenvalue weighted by atomic mass is 9.81. The molecule has 6 heteroatoms. The summed E-state index contributed by atoms with van der Waals surface area (Å²) in [4.78, 5) is 22.1. The summed E-state index contributed by atoms with van der Waals surface area (Å²) >= 11 is 1.74. The van der Waals surface area contributed by atoms with Gasteiger partial charge in [-0.15, -0.1) is 11.3 Å². The Balaban J connectivity index is 1.67. The first kappa shape index (κ1) is 15.7. The first-order chi connectivity index (χ1) is 10.6. The van der Waals surface area contributed by atoms with E-state index in [1.807, 2.05) is 6.20 Å². The second kappa shape index (κ2) is 6.16. The number of anilines is 1. The van der Waals surface area contributed by atoms with E-state index in [2.05, 4.69) is 28.6 Å². The van der Waals surface area contributed by atoms with Crippen molar-refractivity contribution in [1.82, 2.24) is 9.88 Å². The van der Waals surface area contributed by atoms with Crippen molar-refractivity contribution in [3.05, 3.63) is 11.1 Å². The third kappa shape index (κ3) is 2.63. The summed E-state index contributed by atoms with van der Waals surface area (Å²) in [5.41, 5.74) is -0.480. The van der Waals surface area contributed by atoms with Crippen LogP contribution in [0.5, 0.6) is 0 Å². The van der Waals surface area contributed by atoms with Gasteiger partial charge in [0.25, 0.3) is 0 Å². The molecule has 122 valence electrons. The molecule has 1 saturated heterocycles. The highest BCUT2D eigenvalue weighted by molar-refractivity contribution is 7.15. The SMILES string of the molecule is CCN(CC)c1ncc(CN2C[C@@H]3CCC[C@@]3(C(=O)O)C2)s1. The van der Waals surface area contributed by atoms with E-state index in [-0.39, 0.29) is 0 Å². The number of aliphatic carboxylic acids is 1. The van der Waals surface area contributed by atoms with E-state index >= 15 is 0 Å². The predicted octanol–water partition coefficient (Wildman–Crippen LogP) is 2.68. The molecule has 1 aliphatic heterocycles. The van der Waals surface area contributed by atoms with E-state index in [0.29, 0.717) is 12.5 Å². The molecular formula is C16H25N3O2S. The maximum atomic E-state index is 11.7. The third-order valence-electron chi connectivity index (χ3n) is 5.32. The number of fused-ring (bicyclic) bond motifs is 1. The highest BCUT2D eigenvalue weighted by Crippen LogP contribution is 2.49. The number of carboxylic acids is 1. The zero-order chi connectivity index (χ0) is 15.7. The summed E-state index contributed by atoms with van der Waals surface area (Å²) in [5.74, 6) is -0.259. The van der Waals surface area contributed by atoms with Crippen molar-refractivity contribution in [3.63, 3.8) is 0 Å². The monoisotopic (exact) mass is 323 g/mol. The van der Waals surface area contributed by atoms with Crippen LogP contribution >= 0.6 is 11.3 Å². The van der Waals surface area contributed by atoms with Gasteiger partial charge in [0.1, 0.15) is 0 Å². The number of carbonyl (C=O) groups is 1. The van der Waals surface area contributed by atoms with Crippen LogP contribution in [0.15, 0.2) is 6.20 Å². The summed E-state index contributed by atoms with van der Waals surface area (Å²) in [6.45, 7) is 8.68. The van der Waals surface area contributed by atoms with Crippen molar-refractivity contribution >= 4 is 22.4 Å². The normalized spacial score (nSPS) is 28.0. The average molecular weight is 323 g/mol. The Morgan fingerprint density at radius 1 is 1.55 bits per heavy atom. The number of hydrogen-bond acceptors (Lipinski definition) is 5. The summed E-state index contributed by atoms with van der Waals surface area (Å²) < 4.78 is 0. The standard InChI is InChI=1S/C16H25N3O2S/c1-3-19(4-2)15-17-8-13(22-15)10-18-9-12-6-5-7-16(12,11-18)14(20)21/h8,12H,3-7,9-11H2,1-2H3,(H,20,21)/t12-,16+/m0/s1. The van der Waals surface area contributed by atoms with Gasteiger partial charge in [0.05, 0.1) is 5.41 Å². The van der Waals surface area contributed by atoms with Gasteiger partial charge in [0, 0.05) is 43.8 Å². The topological polar surface area (TPSA) is 56.7 Å². The fraction of sp³-hybridized carbons (Fsp3) is 0.750. The Bertz CT molecular complexity index is 543. The number of hydrogen-bond donors (Lipinski definition) is 1. The molecule has 2 atom stereocenters. The molecule has 1 aromatic rings. The molecule has 0 bridgehead atoms. The summed E-state index contributed by atoms with van der Waals surface area (Å²) in [6, 6.07) is 0. The Morgan fingerprint density at radius 3 is 2.95 bits per heavy atom. The fourth-order valence-electron chi connectivity index (χ4n) is 4.09. The Hall–Kier alpha value is -1.14. The molecule has 1 aromatic heterocycles. The van der Waals surface area contributed by atoms with Crippen LogP contribution in [0, 0.1) is 11.3 Å². The van der Waals surface area contributed by atoms with Gasteiger partial charge in [-0.1, -0.05) is 6.42 Å². The van der Waals surface area contributed by atoms with Gasteiger partial charge in [0.2, 0.25) is 0 Å². The number of rotatable bonds is 6. The summed E-state index contributed by atoms with van der Waals surface area (Å²) in [5, 5.41) is 10.7. The van der Waals surface area contributed by atoms with E-state index in [9.17, 15) is 9.90 Å². The highest BCUT2D eigenvalue weighted by Gasteiger charge is 2.54. The zero-order valence-corrected chi connectivity index (χ0v) is 14.2. The molecule has 1 saturated carbocycles. The molecule has 2 heterocycles. The fourth-order valence-corrected chi connectivity index (χ4v) is 5.17. The molecule has 5 nitrogen and oxygen atoms in total. The van der Waals surface area contributed by atoms with E-state index in [1.165, 1.54) is 4.88 Å². The number of nitrogens with zero attached hydrogens (tertiary/aromatic N) is 3. The summed E-state index contributed by atoms with van der Waals surface area (Å²) in [7, 11) is 0. The first-order valence-electron chi connectivity index (χ1n) is 8.24. The lowest BCUT2D eigenvalue weighted by molar-refractivity contribution is -0.149. The third-order valence-corrected chi connectivity index (χ3v) is 6.36. The molecule has 1 aliphatic carbocycles. The van der Waals surface area contributed by atoms with Gasteiger partial charge in [-0.05, 0) is 32.6 Å². The largest absolute Gasteiger partial charge is 0.481 e. The minimum atomic E-state index is -0.592. The van der Waals surface area contributed by atoms with Crippen LogP contribution in [0.1, 0.15) is 38.0 Å². The lowest BCUT2D eigenvalue weighted by Crippen LogP contribution is -2.35. The van der Waals surface area contributed by atoms with Gasteiger partial charge in [-0.2, -0.15) is 0 Å². The van der Waals surface area contributed by atoms with Gasteiger partial charge in [-0.3, -0.25) is 9.69 Å². The number of thiazole rings is 1. The maximum absolute atomic E-state index is 11.7. The van der Waals surface area contributed by atoms with Crippen molar-refractivity contribution in [1.29, 1.82) is 0 Å². The molecule has 2 fully saturated rings. The molecule has 0 radical (unpaired) electrons. The predicted molar refractivity (Wildman–Crippen MR) is 88.4 cm³/mol. The van der Waals surface area contributed by atoms with Crippen LogP contribution in [-0.4, -0.2) is 47.1 Å². The van der Waals surface area contributed by atoms with Crippen LogP contribution in [0.25, 0.3) is 0 Å². The van der Waals surface area contributed by atoms with Crippen LogP contribution < -0.4 is 4.90 Å². The van der Waals surface area contributed by atoms with Crippen molar-refractivity contribution in [2.45, 2.75) is 39.7 Å². The number of aromatic nitrogens is 1. The second-order valence-corrected chi connectivity index (χ2v) is 7.60. The molecule has 0 amide bonds. The maximum Gasteiger partial charge on any atom is 0.311 e. The van der Waals surface area contributed by atoms with Crippen molar-refractivity contribution in [2.24, 2.45) is 11.3 Å². The smallest absolute Gasteiger partial charge is 0.311 e. The highest BCUT2D eigenvalue weighted by atomic mass is 32.1. The molecule has 22 heavy (non-hydrogen) atoms. The van der Waals surface area contributed by atoms with Gasteiger partial charge >= 0.3 is 5.97 Å². The molecule has 0 spiro atoms. The van der Waals surface area contributed by atoms with Gasteiger partial charge in [-0.25, -0.2) is 4.98 Å². The number of likely N-dealkylation sites (tertiary alicyclic amines) is 1. The summed E-state index contributed by atoms with van der Waals surface area (Å²) in [6.07, 6.45) is 4.93. The minimum absolute atomic E-state index is 0.333. The average Bonchev–Trinajstić information content (AvgIpc) is 3.15. The van der Waals surface area contributed by atoms with Crippen LogP contribution in [0.3, 0.4) is 0 Å². The molecular weight excluding hydrogens is 298 g/mol. The molecule has 0 unspecified atom stereocenters. The number of carboxylic acid groups (broad SMARTS) is 1. The lowest BCUT2D eigenvalue weighted by Gasteiger charge is -2.23. The van der Waals surface area contributed by atoms with E-state index in [1.54, 1.807) is 11.3 Å². The Labute approximate surface area is 135 Å². The molecule has 2 aliphatic rings. The van der Waals surface area contributed by atoms with Crippen LogP contribution in [-0.2, 0) is 11.3 Å². The molecule has 0 aromatic carbocycles. The molecule has 1 N–H and O–H groups in total. The van der Waals surface area contributed by atoms with Crippen LogP contribution in [0.4, 0.5) is 5.13 Å². The van der Waals surface area contributed by atoms with Crippen LogP contribution in [0.2, 0.25) is 0 Å². The van der Waals surface area contributed by atoms with E-state index in [4.69, 9.17) is 0 Å². The Morgan fingerprint density at radius 2 is 2.32 bits per heavy atom. The molecule has 3 rings (SSSR count). The Kier molecular flexibility index (Phi) is 4.41. The van der Waals surface area contributed by atoms with Gasteiger partial charge < -0.3 is 10.0 Å². The quantitative estimate of drug-likeness (QED) is 0.872. The zero-order valence-electron chi connectivity index (χ0n) is 13.4. The van der Waals surface area contributed by atoms with Gasteiger partial charge in [0.15, 0.2) is 5.13 Å². The van der Waals surface area contributed by atoms with Crippen molar-refractivity contribution in [3.8, 4) is 0 Å².